The van der Waals surface area contributed by atoms with Crippen LogP contribution in [0.15, 0.2) is 17.1 Å². The lowest BCUT2D eigenvalue weighted by Gasteiger charge is -1.94. The Morgan fingerprint density at radius 1 is 1.70 bits per heavy atom. The average molecular weight is 144 g/mol. The van der Waals surface area contributed by atoms with Crippen LogP contribution in [0.3, 0.4) is 0 Å². The van der Waals surface area contributed by atoms with Gasteiger partial charge in [0, 0.05) is 13.1 Å². The summed E-state index contributed by atoms with van der Waals surface area (Å²) in [6, 6.07) is 0. The van der Waals surface area contributed by atoms with Gasteiger partial charge in [-0.15, -0.1) is 0 Å². The minimum absolute atomic E-state index is 0.349. The van der Waals surface area contributed by atoms with Gasteiger partial charge in [0.1, 0.15) is 12.9 Å². The Morgan fingerprint density at radius 3 is 3.20 bits per heavy atom. The molecule has 0 atom stereocenters. The third-order valence-corrected chi connectivity index (χ3v) is 1.06. The van der Waals surface area contributed by atoms with Gasteiger partial charge in [-0.3, -0.25) is 0 Å². The van der Waals surface area contributed by atoms with Crippen molar-refractivity contribution in [1.82, 2.24) is 10.3 Å². The van der Waals surface area contributed by atoms with Crippen LogP contribution in [0.1, 0.15) is 5.69 Å². The van der Waals surface area contributed by atoms with Gasteiger partial charge in [0.15, 0.2) is 6.39 Å². The minimum Gasteiger partial charge on any atom is -0.451 e. The first-order valence-corrected chi connectivity index (χ1v) is 3.07. The topological polar surface area (TPSA) is 38.1 Å². The summed E-state index contributed by atoms with van der Waals surface area (Å²) >= 11 is 0. The van der Waals surface area contributed by atoms with Crippen LogP contribution in [0, 0.1) is 0 Å². The smallest absolute Gasteiger partial charge is 0.180 e. The molecule has 1 aromatic heterocycles. The summed E-state index contributed by atoms with van der Waals surface area (Å²) in [5.41, 5.74) is 0.799. The molecule has 3 nitrogen and oxygen atoms in total. The number of oxazole rings is 1. The quantitative estimate of drug-likeness (QED) is 0.633. The lowest BCUT2D eigenvalue weighted by atomic mass is 10.5. The van der Waals surface area contributed by atoms with Crippen molar-refractivity contribution in [3.63, 3.8) is 0 Å². The highest BCUT2D eigenvalue weighted by molar-refractivity contribution is 4.89. The van der Waals surface area contributed by atoms with E-state index >= 15 is 0 Å². The molecular weight excluding hydrogens is 135 g/mol. The molecule has 0 saturated carbocycles. The van der Waals surface area contributed by atoms with Gasteiger partial charge in [-0.25, -0.2) is 9.37 Å². The lowest BCUT2D eigenvalue weighted by Crippen LogP contribution is -2.15. The largest absolute Gasteiger partial charge is 0.451 e. The van der Waals surface area contributed by atoms with E-state index in [1.165, 1.54) is 12.7 Å². The van der Waals surface area contributed by atoms with Crippen molar-refractivity contribution in [2.24, 2.45) is 0 Å². The highest BCUT2D eigenvalue weighted by Gasteiger charge is 1.92. The Balaban J connectivity index is 2.15. The van der Waals surface area contributed by atoms with E-state index in [0.29, 0.717) is 13.1 Å². The molecule has 1 rings (SSSR count). The number of alkyl halides is 1. The van der Waals surface area contributed by atoms with Crippen LogP contribution < -0.4 is 5.32 Å². The Labute approximate surface area is 58.3 Å². The second-order valence-electron chi connectivity index (χ2n) is 1.85. The van der Waals surface area contributed by atoms with Crippen molar-refractivity contribution >= 4 is 0 Å². The first kappa shape index (κ1) is 7.21. The Morgan fingerprint density at radius 2 is 2.60 bits per heavy atom. The van der Waals surface area contributed by atoms with Gasteiger partial charge < -0.3 is 9.73 Å². The van der Waals surface area contributed by atoms with Gasteiger partial charge in [0.2, 0.25) is 0 Å². The molecule has 10 heavy (non-hydrogen) atoms. The van der Waals surface area contributed by atoms with Gasteiger partial charge in [0.25, 0.3) is 0 Å². The van der Waals surface area contributed by atoms with E-state index in [0.717, 1.165) is 5.69 Å². The zero-order valence-corrected chi connectivity index (χ0v) is 5.51. The minimum atomic E-state index is -0.349. The van der Waals surface area contributed by atoms with Crippen molar-refractivity contribution in [1.29, 1.82) is 0 Å². The second kappa shape index (κ2) is 4.00. The predicted octanol–water partition coefficient (Wildman–Crippen LogP) is 0.734. The van der Waals surface area contributed by atoms with Crippen LogP contribution in [0.5, 0.6) is 0 Å². The number of hydrogen-bond acceptors (Lipinski definition) is 3. The summed E-state index contributed by atoms with van der Waals surface area (Å²) in [7, 11) is 0. The molecule has 0 aliphatic carbocycles. The molecule has 1 aromatic rings. The molecule has 0 bridgehead atoms. The fraction of sp³-hybridized carbons (Fsp3) is 0.500. The third kappa shape index (κ3) is 2.14. The number of aromatic nitrogens is 1. The van der Waals surface area contributed by atoms with Crippen molar-refractivity contribution < 1.29 is 8.81 Å². The maximum Gasteiger partial charge on any atom is 0.180 e. The molecule has 0 aliphatic heterocycles. The highest BCUT2D eigenvalue weighted by Crippen LogP contribution is 1.91. The molecular formula is C6H9FN2O. The standard InChI is InChI=1S/C6H9FN2O/c7-1-2-8-3-6-4-10-5-9-6/h4-5,8H,1-3H2. The maximum absolute atomic E-state index is 11.5. The second-order valence-corrected chi connectivity index (χ2v) is 1.85. The summed E-state index contributed by atoms with van der Waals surface area (Å²) < 4.78 is 16.2. The summed E-state index contributed by atoms with van der Waals surface area (Å²) in [6.07, 6.45) is 2.89. The van der Waals surface area contributed by atoms with Crippen LogP contribution in [0.25, 0.3) is 0 Å². The number of nitrogens with one attached hydrogen (secondary N) is 1. The van der Waals surface area contributed by atoms with E-state index in [2.05, 4.69) is 10.3 Å². The Hall–Kier alpha value is -0.900. The number of rotatable bonds is 4. The zero-order valence-electron chi connectivity index (χ0n) is 5.51. The molecule has 56 valence electrons. The zero-order chi connectivity index (χ0) is 7.23. The van der Waals surface area contributed by atoms with E-state index in [1.54, 1.807) is 0 Å². The Bertz CT molecular complexity index is 164. The van der Waals surface area contributed by atoms with E-state index < -0.39 is 0 Å². The molecule has 0 fully saturated rings. The van der Waals surface area contributed by atoms with E-state index in [1.807, 2.05) is 0 Å². The van der Waals surface area contributed by atoms with Crippen LogP contribution >= 0.6 is 0 Å². The molecule has 0 aromatic carbocycles. The van der Waals surface area contributed by atoms with Crippen molar-refractivity contribution in [3.05, 3.63) is 18.4 Å². The SMILES string of the molecule is FCCNCc1cocn1. The van der Waals surface area contributed by atoms with E-state index in [4.69, 9.17) is 4.42 Å². The van der Waals surface area contributed by atoms with Crippen LogP contribution in [0.2, 0.25) is 0 Å². The molecule has 1 N–H and O–H groups in total. The lowest BCUT2D eigenvalue weighted by molar-refractivity contribution is 0.465. The fourth-order valence-corrected chi connectivity index (χ4v) is 0.608. The number of halogens is 1. The molecule has 0 aliphatic rings. The van der Waals surface area contributed by atoms with E-state index in [9.17, 15) is 4.39 Å². The summed E-state index contributed by atoms with van der Waals surface area (Å²) in [5.74, 6) is 0. The molecule has 1 heterocycles. The molecule has 0 saturated heterocycles. The number of nitrogens with zero attached hydrogens (tertiary/aromatic N) is 1. The van der Waals surface area contributed by atoms with Crippen molar-refractivity contribution in [2.45, 2.75) is 6.54 Å². The van der Waals surface area contributed by atoms with Gasteiger partial charge in [-0.05, 0) is 0 Å². The summed E-state index contributed by atoms with van der Waals surface area (Å²) in [5, 5.41) is 2.84. The molecule has 0 amide bonds. The molecule has 0 spiro atoms. The number of hydrogen-bond donors (Lipinski definition) is 1. The first-order chi connectivity index (χ1) is 4.93. The van der Waals surface area contributed by atoms with Crippen molar-refractivity contribution in [2.75, 3.05) is 13.2 Å². The van der Waals surface area contributed by atoms with Gasteiger partial charge >= 0.3 is 0 Å². The van der Waals surface area contributed by atoms with Crippen LogP contribution in [-0.4, -0.2) is 18.2 Å². The van der Waals surface area contributed by atoms with Crippen molar-refractivity contribution in [3.8, 4) is 0 Å². The van der Waals surface area contributed by atoms with Crippen LogP contribution in [0.4, 0.5) is 4.39 Å². The van der Waals surface area contributed by atoms with E-state index in [-0.39, 0.29) is 6.67 Å². The molecule has 0 radical (unpaired) electrons. The normalized spacial score (nSPS) is 10.1. The van der Waals surface area contributed by atoms with Gasteiger partial charge in [0.05, 0.1) is 5.69 Å². The average Bonchev–Trinajstić information content (AvgIpc) is 2.41. The first-order valence-electron chi connectivity index (χ1n) is 3.07. The van der Waals surface area contributed by atoms with Crippen LogP contribution in [-0.2, 0) is 6.54 Å². The maximum atomic E-state index is 11.5. The third-order valence-electron chi connectivity index (χ3n) is 1.06. The van der Waals surface area contributed by atoms with Gasteiger partial charge in [-0.2, -0.15) is 0 Å². The summed E-state index contributed by atoms with van der Waals surface area (Å²) in [6.45, 7) is 0.588. The Kier molecular flexibility index (Phi) is 2.89. The molecule has 0 unspecified atom stereocenters. The monoisotopic (exact) mass is 144 g/mol. The fourth-order valence-electron chi connectivity index (χ4n) is 0.608. The predicted molar refractivity (Wildman–Crippen MR) is 34.2 cm³/mol. The summed E-state index contributed by atoms with van der Waals surface area (Å²) in [4.78, 5) is 3.84. The highest BCUT2D eigenvalue weighted by atomic mass is 19.1. The van der Waals surface area contributed by atoms with Gasteiger partial charge in [-0.1, -0.05) is 0 Å². The molecule has 4 heteroatoms.